The first-order valence-corrected chi connectivity index (χ1v) is 15.4. The summed E-state index contributed by atoms with van der Waals surface area (Å²) in [5.74, 6) is -0.109. The number of likely N-dealkylation sites (N-methyl/N-ethyl adjacent to an activating group) is 1. The zero-order valence-electron chi connectivity index (χ0n) is 23.6. The van der Waals surface area contributed by atoms with Gasteiger partial charge in [0.15, 0.2) is 0 Å². The number of nitrogens with zero attached hydrogens (tertiary/aromatic N) is 3. The number of methoxy groups -OCH3 is 2. The predicted octanol–water partition coefficient (Wildman–Crippen LogP) is 3.03. The fourth-order valence-electron chi connectivity index (χ4n) is 4.21. The summed E-state index contributed by atoms with van der Waals surface area (Å²) in [5.41, 5.74) is 2.22. The maximum absolute atomic E-state index is 13.7. The van der Waals surface area contributed by atoms with E-state index in [2.05, 4.69) is 4.98 Å². The van der Waals surface area contributed by atoms with E-state index in [1.54, 1.807) is 24.0 Å². The Morgan fingerprint density at radius 3 is 2.32 bits per heavy atom. The van der Waals surface area contributed by atoms with Crippen LogP contribution in [0.3, 0.4) is 0 Å². The van der Waals surface area contributed by atoms with E-state index in [4.69, 9.17) is 14.6 Å². The summed E-state index contributed by atoms with van der Waals surface area (Å²) in [6.07, 6.45) is 1.45. The van der Waals surface area contributed by atoms with Crippen LogP contribution in [-0.2, 0) is 23.2 Å². The number of hydrogen-bond acceptors (Lipinski definition) is 9. The lowest BCUT2D eigenvalue weighted by molar-refractivity contribution is 0.0740. The summed E-state index contributed by atoms with van der Waals surface area (Å²) in [5, 5.41) is 11.0. The first kappa shape index (κ1) is 32.0. The molecule has 0 saturated carbocycles. The molecule has 0 bridgehead atoms. The Labute approximate surface area is 244 Å². The fourth-order valence-corrected chi connectivity index (χ4v) is 6.13. The van der Waals surface area contributed by atoms with Gasteiger partial charge in [-0.15, -0.1) is 11.3 Å². The van der Waals surface area contributed by atoms with Gasteiger partial charge in [-0.25, -0.2) is 9.71 Å². The Morgan fingerprint density at radius 1 is 1.07 bits per heavy atom. The predicted molar refractivity (Wildman–Crippen MR) is 157 cm³/mol. The highest BCUT2D eigenvalue weighted by Crippen LogP contribution is 2.30. The molecule has 0 aliphatic heterocycles. The normalized spacial score (nSPS) is 11.4. The number of aromatic nitrogens is 1. The molecule has 2 aromatic carbocycles. The molecule has 0 atom stereocenters. The first-order valence-electron chi connectivity index (χ1n) is 13.1. The summed E-state index contributed by atoms with van der Waals surface area (Å²) in [6, 6.07) is 13.3. The number of carbonyl (C=O) groups is 2. The number of ether oxygens (including phenoxy) is 2. The number of nitrogens with one attached hydrogen (secondary N) is 1. The summed E-state index contributed by atoms with van der Waals surface area (Å²) in [7, 11) is -1.10. The quantitative estimate of drug-likeness (QED) is 0.270. The van der Waals surface area contributed by atoms with Gasteiger partial charge >= 0.3 is 10.2 Å². The molecule has 0 radical (unpaired) electrons. The number of hydrogen-bond donors (Lipinski definition) is 2. The van der Waals surface area contributed by atoms with Crippen molar-refractivity contribution in [2.45, 2.75) is 33.2 Å². The molecule has 222 valence electrons. The van der Waals surface area contributed by atoms with Gasteiger partial charge in [0, 0.05) is 36.1 Å². The van der Waals surface area contributed by atoms with Gasteiger partial charge in [-0.2, -0.15) is 12.7 Å². The molecule has 2 amide bonds. The van der Waals surface area contributed by atoms with Gasteiger partial charge in [0.05, 0.1) is 27.4 Å². The monoisotopic (exact) mass is 604 g/mol. The highest BCUT2D eigenvalue weighted by Gasteiger charge is 2.25. The molecule has 0 aliphatic rings. The average Bonchev–Trinajstić information content (AvgIpc) is 3.44. The van der Waals surface area contributed by atoms with Crippen LogP contribution in [-0.4, -0.2) is 80.0 Å². The molecule has 0 aliphatic carbocycles. The van der Waals surface area contributed by atoms with Crippen LogP contribution in [0, 0.1) is 6.92 Å². The first-order chi connectivity index (χ1) is 19.6. The van der Waals surface area contributed by atoms with E-state index in [1.165, 1.54) is 19.6 Å². The molecule has 0 unspecified atom stereocenters. The SMILES string of the molecule is CCN(CCO)S(=O)(=O)NC(=O)c1csc(CN(CCCc2ccccc2)C(=O)c2cc(OC)c(C)c(OC)c2)n1. The number of aliphatic hydroxyl groups excluding tert-OH is 1. The smallest absolute Gasteiger partial charge is 0.304 e. The number of amides is 2. The summed E-state index contributed by atoms with van der Waals surface area (Å²) >= 11 is 1.15. The lowest BCUT2D eigenvalue weighted by Gasteiger charge is -2.23. The summed E-state index contributed by atoms with van der Waals surface area (Å²) in [4.78, 5) is 32.4. The van der Waals surface area contributed by atoms with Crippen molar-refractivity contribution in [1.82, 2.24) is 18.9 Å². The van der Waals surface area contributed by atoms with E-state index in [0.29, 0.717) is 35.0 Å². The highest BCUT2D eigenvalue weighted by molar-refractivity contribution is 7.87. The molecule has 1 aromatic heterocycles. The second-order valence-corrected chi connectivity index (χ2v) is 11.7. The van der Waals surface area contributed by atoms with Crippen LogP contribution in [0.2, 0.25) is 0 Å². The number of rotatable bonds is 15. The van der Waals surface area contributed by atoms with Gasteiger partial charge < -0.3 is 19.5 Å². The van der Waals surface area contributed by atoms with Crippen molar-refractivity contribution >= 4 is 33.4 Å². The van der Waals surface area contributed by atoms with E-state index < -0.39 is 16.1 Å². The second-order valence-electron chi connectivity index (χ2n) is 9.10. The van der Waals surface area contributed by atoms with Crippen molar-refractivity contribution in [3.05, 3.63) is 75.2 Å². The zero-order valence-corrected chi connectivity index (χ0v) is 25.3. The third kappa shape index (κ3) is 8.49. The molecule has 0 saturated heterocycles. The molecule has 0 fully saturated rings. The minimum absolute atomic E-state index is 0.0796. The van der Waals surface area contributed by atoms with Crippen molar-refractivity contribution < 1.29 is 32.6 Å². The second kappa shape index (κ2) is 14.9. The number of aliphatic hydroxyl groups is 1. The molecule has 3 aromatic rings. The van der Waals surface area contributed by atoms with Crippen molar-refractivity contribution in [2.24, 2.45) is 0 Å². The lowest BCUT2D eigenvalue weighted by Crippen LogP contribution is -2.44. The van der Waals surface area contributed by atoms with Crippen molar-refractivity contribution in [2.75, 3.05) is 40.5 Å². The molecule has 0 spiro atoms. The van der Waals surface area contributed by atoms with E-state index in [9.17, 15) is 18.0 Å². The minimum Gasteiger partial charge on any atom is -0.496 e. The Kier molecular flexibility index (Phi) is 11.6. The maximum atomic E-state index is 13.7. The third-order valence-corrected chi connectivity index (χ3v) is 8.79. The molecule has 41 heavy (non-hydrogen) atoms. The van der Waals surface area contributed by atoms with Crippen LogP contribution in [0.4, 0.5) is 0 Å². The van der Waals surface area contributed by atoms with E-state index in [0.717, 1.165) is 33.2 Å². The third-order valence-electron chi connectivity index (χ3n) is 6.40. The molecule has 13 heteroatoms. The molecule has 11 nitrogen and oxygen atoms in total. The van der Waals surface area contributed by atoms with Crippen molar-refractivity contribution in [3.63, 3.8) is 0 Å². The molecular formula is C28H36N4O7S2. The largest absolute Gasteiger partial charge is 0.496 e. The number of aryl methyl sites for hydroxylation is 1. The number of benzene rings is 2. The standard InChI is InChI=1S/C28H36N4O7S2/c1-5-32(14-15-33)41(36,37)30-27(34)23-19-40-26(29-23)18-31(13-9-12-21-10-7-6-8-11-21)28(35)22-16-24(38-3)20(2)25(17-22)39-4/h6-8,10-11,16-17,19,33H,5,9,12-15,18H2,1-4H3,(H,30,34). The van der Waals surface area contributed by atoms with Gasteiger partial charge in [-0.1, -0.05) is 37.3 Å². The Morgan fingerprint density at radius 2 is 1.73 bits per heavy atom. The topological polar surface area (TPSA) is 138 Å². The van der Waals surface area contributed by atoms with Crippen molar-refractivity contribution in [3.8, 4) is 11.5 Å². The molecule has 3 rings (SSSR count). The van der Waals surface area contributed by atoms with E-state index >= 15 is 0 Å². The molecule has 2 N–H and O–H groups in total. The molecular weight excluding hydrogens is 568 g/mol. The van der Waals surface area contributed by atoms with Gasteiger partial charge in [0.1, 0.15) is 22.2 Å². The fraction of sp³-hybridized carbons (Fsp3) is 0.393. The maximum Gasteiger partial charge on any atom is 0.304 e. The highest BCUT2D eigenvalue weighted by atomic mass is 32.2. The van der Waals surface area contributed by atoms with Crippen LogP contribution < -0.4 is 14.2 Å². The van der Waals surface area contributed by atoms with Gasteiger partial charge in [0.2, 0.25) is 0 Å². The van der Waals surface area contributed by atoms with Crippen LogP contribution in [0.15, 0.2) is 47.8 Å². The minimum atomic E-state index is -4.15. The van der Waals surface area contributed by atoms with Crippen LogP contribution in [0.5, 0.6) is 11.5 Å². The Balaban J connectivity index is 1.82. The summed E-state index contributed by atoms with van der Waals surface area (Å²) in [6.45, 7) is 3.53. The van der Waals surface area contributed by atoms with Crippen LogP contribution in [0.25, 0.3) is 0 Å². The van der Waals surface area contributed by atoms with Crippen LogP contribution >= 0.6 is 11.3 Å². The summed E-state index contributed by atoms with van der Waals surface area (Å²) < 4.78 is 38.9. The van der Waals surface area contributed by atoms with Crippen LogP contribution in [0.1, 0.15) is 50.3 Å². The number of thiazole rings is 1. The van der Waals surface area contributed by atoms with Gasteiger partial charge in [-0.05, 0) is 37.5 Å². The van der Waals surface area contributed by atoms with Gasteiger partial charge in [-0.3, -0.25) is 9.59 Å². The van der Waals surface area contributed by atoms with E-state index in [1.807, 2.05) is 42.0 Å². The van der Waals surface area contributed by atoms with Gasteiger partial charge in [0.25, 0.3) is 11.8 Å². The Bertz CT molecular complexity index is 1400. The Hall–Kier alpha value is -3.52. The molecule has 1 heterocycles. The number of carbonyl (C=O) groups excluding carboxylic acids is 2. The lowest BCUT2D eigenvalue weighted by atomic mass is 10.1. The van der Waals surface area contributed by atoms with E-state index in [-0.39, 0.29) is 37.8 Å². The van der Waals surface area contributed by atoms with Crippen molar-refractivity contribution in [1.29, 1.82) is 0 Å². The zero-order chi connectivity index (χ0) is 30.0. The average molecular weight is 605 g/mol.